The van der Waals surface area contributed by atoms with Gasteiger partial charge in [0.05, 0.1) is 10.6 Å². The number of ether oxygens (including phenoxy) is 1. The molecule has 0 aliphatic heterocycles. The number of sulfonamides is 1. The predicted octanol–water partition coefficient (Wildman–Crippen LogP) is 3.66. The van der Waals surface area contributed by atoms with Gasteiger partial charge in [0.15, 0.2) is 6.10 Å². The van der Waals surface area contributed by atoms with Crippen molar-refractivity contribution >= 4 is 33.2 Å². The highest BCUT2D eigenvalue weighted by atomic mass is 32.2. The van der Waals surface area contributed by atoms with Crippen molar-refractivity contribution in [3.63, 3.8) is 0 Å². The molecule has 0 unspecified atom stereocenters. The number of benzene rings is 2. The van der Waals surface area contributed by atoms with Crippen LogP contribution in [0.2, 0.25) is 0 Å². The summed E-state index contributed by atoms with van der Waals surface area (Å²) in [6.07, 6.45) is 4.76. The maximum atomic E-state index is 12.7. The Morgan fingerprint density at radius 2 is 1.66 bits per heavy atom. The highest BCUT2D eigenvalue weighted by Gasteiger charge is 2.21. The van der Waals surface area contributed by atoms with Crippen LogP contribution < -0.4 is 20.1 Å². The van der Waals surface area contributed by atoms with Crippen LogP contribution in [0.5, 0.6) is 5.75 Å². The minimum atomic E-state index is -3.84. The molecule has 0 heterocycles. The Balaban J connectivity index is 1.60. The molecule has 0 saturated heterocycles. The standard InChI is InChI=1S/C23H29N3O5S/c1-16(23(28)25-18-7-4-3-5-8-18)31-21-11-13-22(14-12-21)32(29,30)26-20-10-6-9-19(15-20)24-17(2)27/h6,9-16,18,26H,3-5,7-8H2,1-2H3,(H,24,27)(H,25,28)/t16-/m0/s1. The molecule has 1 aliphatic carbocycles. The first-order chi connectivity index (χ1) is 15.2. The van der Waals surface area contributed by atoms with Gasteiger partial charge >= 0.3 is 0 Å². The SMILES string of the molecule is CC(=O)Nc1cccc(NS(=O)(=O)c2ccc(O[C@@H](C)C(=O)NC3CCCCC3)cc2)c1. The lowest BCUT2D eigenvalue weighted by atomic mass is 9.95. The van der Waals surface area contributed by atoms with Gasteiger partial charge in [0, 0.05) is 18.7 Å². The van der Waals surface area contributed by atoms with Crippen LogP contribution >= 0.6 is 0 Å². The summed E-state index contributed by atoms with van der Waals surface area (Å²) in [5, 5.41) is 5.63. The fourth-order valence-electron chi connectivity index (χ4n) is 3.60. The summed E-state index contributed by atoms with van der Waals surface area (Å²) in [6, 6.07) is 12.5. The molecule has 0 aromatic heterocycles. The highest BCUT2D eigenvalue weighted by Crippen LogP contribution is 2.22. The van der Waals surface area contributed by atoms with E-state index in [9.17, 15) is 18.0 Å². The molecule has 1 fully saturated rings. The third-order valence-electron chi connectivity index (χ3n) is 5.20. The molecule has 3 N–H and O–H groups in total. The molecule has 9 heteroatoms. The van der Waals surface area contributed by atoms with E-state index in [1.807, 2.05) is 0 Å². The number of nitrogens with one attached hydrogen (secondary N) is 3. The third kappa shape index (κ3) is 6.71. The Bertz CT molecular complexity index is 1050. The molecule has 1 atom stereocenters. The first-order valence-corrected chi connectivity index (χ1v) is 12.2. The summed E-state index contributed by atoms with van der Waals surface area (Å²) in [7, 11) is -3.84. The lowest BCUT2D eigenvalue weighted by molar-refractivity contribution is -0.128. The summed E-state index contributed by atoms with van der Waals surface area (Å²) < 4.78 is 33.6. The van der Waals surface area contributed by atoms with Crippen LogP contribution in [0.15, 0.2) is 53.4 Å². The second-order valence-corrected chi connectivity index (χ2v) is 9.62. The lowest BCUT2D eigenvalue weighted by Crippen LogP contribution is -2.43. The van der Waals surface area contributed by atoms with Gasteiger partial charge in [-0.2, -0.15) is 0 Å². The van der Waals surface area contributed by atoms with E-state index < -0.39 is 16.1 Å². The molecule has 32 heavy (non-hydrogen) atoms. The van der Waals surface area contributed by atoms with Gasteiger partial charge in [0.1, 0.15) is 5.75 Å². The first-order valence-electron chi connectivity index (χ1n) is 10.7. The minimum Gasteiger partial charge on any atom is -0.481 e. The van der Waals surface area contributed by atoms with Crippen molar-refractivity contribution < 1.29 is 22.7 Å². The Hall–Kier alpha value is -3.07. The number of rotatable bonds is 8. The molecule has 1 saturated carbocycles. The van der Waals surface area contributed by atoms with E-state index in [1.165, 1.54) is 43.7 Å². The van der Waals surface area contributed by atoms with Crippen LogP contribution in [-0.2, 0) is 19.6 Å². The number of hydrogen-bond donors (Lipinski definition) is 3. The molecule has 2 aromatic carbocycles. The van der Waals surface area contributed by atoms with E-state index in [1.54, 1.807) is 25.1 Å². The number of carbonyl (C=O) groups excluding carboxylic acids is 2. The maximum absolute atomic E-state index is 12.7. The number of anilines is 2. The second-order valence-electron chi connectivity index (χ2n) is 7.94. The zero-order valence-corrected chi connectivity index (χ0v) is 19.1. The topological polar surface area (TPSA) is 114 Å². The number of hydrogen-bond acceptors (Lipinski definition) is 5. The Kier molecular flexibility index (Phi) is 7.74. The van der Waals surface area contributed by atoms with Gasteiger partial charge in [0.25, 0.3) is 15.9 Å². The Labute approximate surface area is 188 Å². The van der Waals surface area contributed by atoms with E-state index in [4.69, 9.17) is 4.74 Å². The second kappa shape index (κ2) is 10.5. The van der Waals surface area contributed by atoms with Crippen molar-refractivity contribution in [3.8, 4) is 5.75 Å². The average molecular weight is 460 g/mol. The lowest BCUT2D eigenvalue weighted by Gasteiger charge is -2.24. The Morgan fingerprint density at radius 1 is 1.00 bits per heavy atom. The van der Waals surface area contributed by atoms with Gasteiger partial charge in [-0.1, -0.05) is 25.3 Å². The quantitative estimate of drug-likeness (QED) is 0.557. The van der Waals surface area contributed by atoms with E-state index in [2.05, 4.69) is 15.4 Å². The molecule has 0 bridgehead atoms. The van der Waals surface area contributed by atoms with E-state index in [0.29, 0.717) is 17.1 Å². The van der Waals surface area contributed by atoms with Crippen LogP contribution in [0.3, 0.4) is 0 Å². The number of carbonyl (C=O) groups is 2. The minimum absolute atomic E-state index is 0.0501. The molecular weight excluding hydrogens is 430 g/mol. The molecule has 2 amide bonds. The van der Waals surface area contributed by atoms with Gasteiger partial charge in [-0.25, -0.2) is 8.42 Å². The van der Waals surface area contributed by atoms with Crippen LogP contribution in [0.4, 0.5) is 11.4 Å². The molecule has 0 spiro atoms. The van der Waals surface area contributed by atoms with E-state index in [-0.39, 0.29) is 22.8 Å². The van der Waals surface area contributed by atoms with Gasteiger partial charge in [-0.05, 0) is 62.2 Å². The highest BCUT2D eigenvalue weighted by molar-refractivity contribution is 7.92. The van der Waals surface area contributed by atoms with Crippen LogP contribution in [0, 0.1) is 0 Å². The normalized spacial score (nSPS) is 15.4. The largest absolute Gasteiger partial charge is 0.481 e. The molecule has 3 rings (SSSR count). The van der Waals surface area contributed by atoms with Crippen LogP contribution in [-0.4, -0.2) is 32.4 Å². The molecular formula is C23H29N3O5S. The fourth-order valence-corrected chi connectivity index (χ4v) is 4.65. The smallest absolute Gasteiger partial charge is 0.261 e. The van der Waals surface area contributed by atoms with E-state index >= 15 is 0 Å². The summed E-state index contributed by atoms with van der Waals surface area (Å²) in [5.74, 6) is -0.0144. The summed E-state index contributed by atoms with van der Waals surface area (Å²) in [6.45, 7) is 3.05. The zero-order chi connectivity index (χ0) is 23.1. The fraction of sp³-hybridized carbons (Fsp3) is 0.391. The predicted molar refractivity (Wildman–Crippen MR) is 123 cm³/mol. The summed E-state index contributed by atoms with van der Waals surface area (Å²) >= 11 is 0. The van der Waals surface area contributed by atoms with Gasteiger partial charge in [-0.15, -0.1) is 0 Å². The zero-order valence-electron chi connectivity index (χ0n) is 18.3. The van der Waals surface area contributed by atoms with Crippen molar-refractivity contribution in [1.29, 1.82) is 0 Å². The molecule has 2 aromatic rings. The summed E-state index contributed by atoms with van der Waals surface area (Å²) in [4.78, 5) is 23.6. The maximum Gasteiger partial charge on any atom is 0.261 e. The monoisotopic (exact) mass is 459 g/mol. The first kappa shape index (κ1) is 23.6. The van der Waals surface area contributed by atoms with Crippen molar-refractivity contribution in [3.05, 3.63) is 48.5 Å². The molecule has 172 valence electrons. The van der Waals surface area contributed by atoms with Gasteiger partial charge in [-0.3, -0.25) is 14.3 Å². The van der Waals surface area contributed by atoms with Gasteiger partial charge in [0.2, 0.25) is 5.91 Å². The van der Waals surface area contributed by atoms with Gasteiger partial charge < -0.3 is 15.4 Å². The third-order valence-corrected chi connectivity index (χ3v) is 6.60. The van der Waals surface area contributed by atoms with Crippen molar-refractivity contribution in [2.45, 2.75) is 63.0 Å². The molecule has 8 nitrogen and oxygen atoms in total. The molecule has 0 radical (unpaired) electrons. The van der Waals surface area contributed by atoms with E-state index in [0.717, 1.165) is 25.7 Å². The molecule has 1 aliphatic rings. The number of amides is 2. The summed E-state index contributed by atoms with van der Waals surface area (Å²) in [5.41, 5.74) is 0.812. The Morgan fingerprint density at radius 3 is 2.31 bits per heavy atom. The average Bonchev–Trinajstić information content (AvgIpc) is 2.74. The van der Waals surface area contributed by atoms with Crippen molar-refractivity contribution in [2.75, 3.05) is 10.0 Å². The van der Waals surface area contributed by atoms with Crippen molar-refractivity contribution in [2.24, 2.45) is 0 Å². The van der Waals surface area contributed by atoms with Crippen LogP contribution in [0.25, 0.3) is 0 Å². The van der Waals surface area contributed by atoms with Crippen molar-refractivity contribution in [1.82, 2.24) is 5.32 Å². The van der Waals surface area contributed by atoms with Crippen LogP contribution in [0.1, 0.15) is 46.0 Å².